The first-order valence-electron chi connectivity index (χ1n) is 12.5. The highest BCUT2D eigenvalue weighted by atomic mass is 16.3. The smallest absolute Gasteiger partial charge is 0.255 e. The Labute approximate surface area is 224 Å². The van der Waals surface area contributed by atoms with Gasteiger partial charge in [0.2, 0.25) is 5.78 Å². The van der Waals surface area contributed by atoms with Crippen molar-refractivity contribution in [3.8, 4) is 17.6 Å². The first kappa shape index (κ1) is 26.2. The van der Waals surface area contributed by atoms with E-state index in [1.807, 2.05) is 30.3 Å². The Balaban J connectivity index is 1.64. The van der Waals surface area contributed by atoms with Crippen molar-refractivity contribution in [2.45, 2.75) is 30.9 Å². The fourth-order valence-corrected chi connectivity index (χ4v) is 6.20. The van der Waals surface area contributed by atoms with Crippen LogP contribution in [0.3, 0.4) is 0 Å². The van der Waals surface area contributed by atoms with Crippen LogP contribution in [-0.2, 0) is 27.2 Å². The normalized spacial score (nSPS) is 26.0. The molecule has 0 spiro atoms. The van der Waals surface area contributed by atoms with Crippen LogP contribution in [0.25, 0.3) is 5.76 Å². The number of phenolic OH excluding ortho intramolecular Hbond substituents is 1. The van der Waals surface area contributed by atoms with Gasteiger partial charge in [-0.25, -0.2) is 0 Å². The molecule has 3 aliphatic rings. The van der Waals surface area contributed by atoms with Gasteiger partial charge in [0.15, 0.2) is 11.4 Å². The number of aromatic hydroxyl groups is 1. The van der Waals surface area contributed by atoms with Gasteiger partial charge in [0.05, 0.1) is 11.6 Å². The molecule has 0 radical (unpaired) electrons. The van der Waals surface area contributed by atoms with Crippen molar-refractivity contribution in [1.82, 2.24) is 4.90 Å². The summed E-state index contributed by atoms with van der Waals surface area (Å²) in [6.45, 7) is 0. The number of nitrogens with two attached hydrogens (primary N) is 1. The van der Waals surface area contributed by atoms with Crippen molar-refractivity contribution < 1.29 is 34.8 Å². The van der Waals surface area contributed by atoms with Crippen LogP contribution in [0.2, 0.25) is 0 Å². The van der Waals surface area contributed by atoms with Crippen LogP contribution in [0.1, 0.15) is 28.7 Å². The van der Waals surface area contributed by atoms with E-state index in [1.54, 1.807) is 20.2 Å². The molecule has 4 atom stereocenters. The highest BCUT2D eigenvalue weighted by Crippen LogP contribution is 2.52. The minimum Gasteiger partial charge on any atom is -0.508 e. The number of carbonyl (C=O) groups excluding carboxylic acids is 3. The van der Waals surface area contributed by atoms with Gasteiger partial charge in [-0.15, -0.1) is 0 Å². The third-order valence-corrected chi connectivity index (χ3v) is 7.96. The summed E-state index contributed by atoms with van der Waals surface area (Å²) in [7, 11) is 3.12. The number of ketones is 2. The number of Topliss-reactive ketones (excluding diaryl/α,β-unsaturated/α-hetero) is 2. The molecule has 0 bridgehead atoms. The monoisotopic (exact) mass is 528 g/mol. The van der Waals surface area contributed by atoms with Gasteiger partial charge in [0.25, 0.3) is 5.91 Å². The van der Waals surface area contributed by atoms with Crippen LogP contribution >= 0.6 is 0 Å². The minimum absolute atomic E-state index is 0.0257. The first-order chi connectivity index (χ1) is 18.5. The molecule has 3 aliphatic carbocycles. The molecule has 0 aliphatic heterocycles. The lowest BCUT2D eigenvalue weighted by molar-refractivity contribution is -0.153. The quantitative estimate of drug-likeness (QED) is 0.296. The number of benzene rings is 2. The van der Waals surface area contributed by atoms with E-state index in [4.69, 9.17) is 5.73 Å². The van der Waals surface area contributed by atoms with Crippen LogP contribution in [-0.4, -0.2) is 68.5 Å². The Bertz CT molecular complexity index is 1540. The number of rotatable bonds is 3. The molecule has 6 N–H and O–H groups in total. The molecule has 5 rings (SSSR count). The molecule has 2 aromatic carbocycles. The van der Waals surface area contributed by atoms with Gasteiger partial charge in [0, 0.05) is 23.5 Å². The first-order valence-corrected chi connectivity index (χ1v) is 12.5. The van der Waals surface area contributed by atoms with Crippen molar-refractivity contribution in [1.29, 1.82) is 0 Å². The van der Waals surface area contributed by atoms with Crippen molar-refractivity contribution >= 4 is 23.2 Å². The fraction of sp³-hybridized carbons (Fsp3) is 0.300. The number of carbonyl (C=O) groups is 3. The summed E-state index contributed by atoms with van der Waals surface area (Å²) < 4.78 is 0. The summed E-state index contributed by atoms with van der Waals surface area (Å²) in [5.41, 5.74) is 3.83. The Morgan fingerprint density at radius 2 is 1.79 bits per heavy atom. The average molecular weight is 529 g/mol. The number of phenols is 1. The molecule has 0 heterocycles. The van der Waals surface area contributed by atoms with Crippen LogP contribution in [0.4, 0.5) is 0 Å². The van der Waals surface area contributed by atoms with Crippen LogP contribution in [0.5, 0.6) is 5.75 Å². The molecule has 200 valence electrons. The summed E-state index contributed by atoms with van der Waals surface area (Å²) in [6, 6.07) is 11.5. The number of hydrogen-bond donors (Lipinski definition) is 5. The summed E-state index contributed by atoms with van der Waals surface area (Å²) >= 11 is 0. The van der Waals surface area contributed by atoms with Gasteiger partial charge < -0.3 is 26.2 Å². The minimum atomic E-state index is -2.66. The van der Waals surface area contributed by atoms with Crippen LogP contribution in [0, 0.1) is 23.7 Å². The van der Waals surface area contributed by atoms with E-state index in [1.165, 1.54) is 11.0 Å². The summed E-state index contributed by atoms with van der Waals surface area (Å²) in [4.78, 5) is 40.6. The lowest BCUT2D eigenvalue weighted by Crippen LogP contribution is -2.65. The second-order valence-corrected chi connectivity index (χ2v) is 10.4. The number of fused-ring (bicyclic) bond motifs is 3. The van der Waals surface area contributed by atoms with Crippen LogP contribution in [0.15, 0.2) is 59.4 Å². The molecule has 39 heavy (non-hydrogen) atoms. The molecule has 9 heteroatoms. The van der Waals surface area contributed by atoms with E-state index >= 15 is 0 Å². The van der Waals surface area contributed by atoms with E-state index in [0.717, 1.165) is 5.56 Å². The highest BCUT2D eigenvalue weighted by Gasteiger charge is 2.64. The van der Waals surface area contributed by atoms with E-state index in [0.29, 0.717) is 17.5 Å². The molecule has 1 fully saturated rings. The SMILES string of the molecule is CN(C)[C@@H]1C(=O)C(C(N)=O)=C(O)[C@@]2(O)C(=O)C3=C(O)c4c(O)ccc(C#CCc5ccccc5)c4C[C@H]3C[C@H]12. The number of amides is 1. The van der Waals surface area contributed by atoms with Crippen molar-refractivity contribution in [3.05, 3.63) is 81.6 Å². The standard InChI is InChI=1S/C30H28N2O7/c1-32(2)24-19-14-17-13-18-16(10-6-9-15-7-4-3-5-8-15)11-12-20(33)22(18)25(34)21(17)27(36)30(19,39)28(37)23(26(24)35)29(31)38/h3-5,7-8,11-12,17,19,24,33-34,37,39H,9,13-14H2,1-2H3,(H2,31,38)/t17-,19+,24-,30-/m0/s1. The molecule has 0 aromatic heterocycles. The van der Waals surface area contributed by atoms with Gasteiger partial charge in [-0.2, -0.15) is 0 Å². The van der Waals surface area contributed by atoms with Gasteiger partial charge in [-0.3, -0.25) is 19.3 Å². The van der Waals surface area contributed by atoms with Crippen LogP contribution < -0.4 is 5.73 Å². The topological polar surface area (TPSA) is 161 Å². The third kappa shape index (κ3) is 3.92. The lowest BCUT2D eigenvalue weighted by Gasteiger charge is -2.50. The lowest BCUT2D eigenvalue weighted by atomic mass is 9.57. The molecule has 2 aromatic rings. The Morgan fingerprint density at radius 3 is 2.44 bits per heavy atom. The zero-order valence-electron chi connectivity index (χ0n) is 21.4. The predicted octanol–water partition coefficient (Wildman–Crippen LogP) is 1.56. The Morgan fingerprint density at radius 1 is 1.10 bits per heavy atom. The maximum Gasteiger partial charge on any atom is 0.255 e. The zero-order valence-corrected chi connectivity index (χ0v) is 21.4. The van der Waals surface area contributed by atoms with E-state index in [-0.39, 0.29) is 29.7 Å². The summed E-state index contributed by atoms with van der Waals surface area (Å²) in [5.74, 6) is -0.557. The second kappa shape index (κ2) is 9.42. The maximum atomic E-state index is 13.9. The van der Waals surface area contributed by atoms with Crippen molar-refractivity contribution in [3.63, 3.8) is 0 Å². The Hall–Kier alpha value is -4.39. The molecule has 0 unspecified atom stereocenters. The third-order valence-electron chi connectivity index (χ3n) is 7.96. The zero-order chi connectivity index (χ0) is 28.2. The number of primary amides is 1. The van der Waals surface area contributed by atoms with Gasteiger partial charge >= 0.3 is 0 Å². The molecule has 0 saturated heterocycles. The average Bonchev–Trinajstić information content (AvgIpc) is 2.87. The van der Waals surface area contributed by atoms with Gasteiger partial charge in [-0.1, -0.05) is 42.2 Å². The van der Waals surface area contributed by atoms with E-state index < -0.39 is 58.0 Å². The largest absolute Gasteiger partial charge is 0.508 e. The number of hydrogen-bond acceptors (Lipinski definition) is 8. The number of aliphatic hydroxyl groups is 3. The molecule has 9 nitrogen and oxygen atoms in total. The maximum absolute atomic E-state index is 13.9. The highest BCUT2D eigenvalue weighted by molar-refractivity contribution is 6.24. The van der Waals surface area contributed by atoms with Crippen molar-refractivity contribution in [2.75, 3.05) is 14.1 Å². The number of likely N-dealkylation sites (N-methyl/N-ethyl adjacent to an activating group) is 1. The second-order valence-electron chi connectivity index (χ2n) is 10.4. The number of aliphatic hydroxyl groups excluding tert-OH is 2. The Kier molecular flexibility index (Phi) is 6.33. The summed E-state index contributed by atoms with van der Waals surface area (Å²) in [6.07, 6.45) is 0.706. The fourth-order valence-electron chi connectivity index (χ4n) is 6.20. The van der Waals surface area contributed by atoms with E-state index in [9.17, 15) is 34.8 Å². The molecule has 1 saturated carbocycles. The van der Waals surface area contributed by atoms with E-state index in [2.05, 4.69) is 11.8 Å². The molecular formula is C30H28N2O7. The van der Waals surface area contributed by atoms with Gasteiger partial charge in [-0.05, 0) is 56.1 Å². The molecular weight excluding hydrogens is 500 g/mol. The van der Waals surface area contributed by atoms with Gasteiger partial charge in [0.1, 0.15) is 22.8 Å². The van der Waals surface area contributed by atoms with Crippen molar-refractivity contribution in [2.24, 2.45) is 17.6 Å². The number of nitrogens with zero attached hydrogens (tertiary/aromatic N) is 1. The molecule has 1 amide bonds. The summed E-state index contributed by atoms with van der Waals surface area (Å²) in [5, 5.41) is 44.5. The predicted molar refractivity (Wildman–Crippen MR) is 141 cm³/mol.